The van der Waals surface area contributed by atoms with E-state index < -0.39 is 0 Å². The fraction of sp³-hybridized carbons (Fsp3) is 0.667. The van der Waals surface area contributed by atoms with E-state index in [4.69, 9.17) is 0 Å². The Labute approximate surface area is 96.9 Å². The van der Waals surface area contributed by atoms with Crippen LogP contribution < -0.4 is 10.6 Å². The smallest absolute Gasteiger partial charge is 0.147 e. The highest BCUT2D eigenvalue weighted by molar-refractivity contribution is 5.45. The van der Waals surface area contributed by atoms with Crippen LogP contribution in [-0.4, -0.2) is 23.1 Å². The molecule has 1 aliphatic rings. The highest BCUT2D eigenvalue weighted by Gasteiger charge is 2.65. The van der Waals surface area contributed by atoms with Gasteiger partial charge in [-0.3, -0.25) is 4.98 Å². The van der Waals surface area contributed by atoms with E-state index in [0.29, 0.717) is 16.9 Å². The van der Waals surface area contributed by atoms with E-state index in [-0.39, 0.29) is 0 Å². The standard InChI is InChI=1S/C12H20N4/c1-11(2)10(12(11,3)4)16-9-7-14-6-8(13-5)15-9/h6-7,10H,1-5H3,(H2,13,15,16). The van der Waals surface area contributed by atoms with Gasteiger partial charge >= 0.3 is 0 Å². The lowest BCUT2D eigenvalue weighted by molar-refractivity contribution is 0.457. The van der Waals surface area contributed by atoms with Crippen molar-refractivity contribution in [2.45, 2.75) is 33.7 Å². The molecule has 0 aliphatic heterocycles. The summed E-state index contributed by atoms with van der Waals surface area (Å²) in [5.41, 5.74) is 0.620. The van der Waals surface area contributed by atoms with Gasteiger partial charge in [0.15, 0.2) is 0 Å². The minimum Gasteiger partial charge on any atom is -0.372 e. The fourth-order valence-corrected chi connectivity index (χ4v) is 2.26. The fourth-order valence-electron chi connectivity index (χ4n) is 2.26. The normalized spacial score (nSPS) is 21.6. The van der Waals surface area contributed by atoms with E-state index in [0.717, 1.165) is 11.6 Å². The second-order valence-electron chi connectivity index (χ2n) is 5.56. The van der Waals surface area contributed by atoms with Gasteiger partial charge in [-0.05, 0) is 10.8 Å². The quantitative estimate of drug-likeness (QED) is 0.821. The van der Waals surface area contributed by atoms with E-state index in [1.807, 2.05) is 7.05 Å². The van der Waals surface area contributed by atoms with E-state index in [1.165, 1.54) is 0 Å². The molecule has 4 nitrogen and oxygen atoms in total. The molecule has 1 aromatic rings. The molecule has 88 valence electrons. The van der Waals surface area contributed by atoms with Crippen molar-refractivity contribution in [3.05, 3.63) is 12.4 Å². The largest absolute Gasteiger partial charge is 0.372 e. The second kappa shape index (κ2) is 3.34. The second-order valence-corrected chi connectivity index (χ2v) is 5.56. The zero-order valence-corrected chi connectivity index (χ0v) is 10.6. The summed E-state index contributed by atoms with van der Waals surface area (Å²) >= 11 is 0. The zero-order valence-electron chi connectivity index (χ0n) is 10.6. The van der Waals surface area contributed by atoms with E-state index in [2.05, 4.69) is 48.3 Å². The summed E-state index contributed by atoms with van der Waals surface area (Å²) in [6, 6.07) is 0.460. The molecule has 1 aliphatic carbocycles. The van der Waals surface area contributed by atoms with Crippen molar-refractivity contribution in [1.82, 2.24) is 9.97 Å². The molecule has 1 aromatic heterocycles. The lowest BCUT2D eigenvalue weighted by Crippen LogP contribution is -2.12. The lowest BCUT2D eigenvalue weighted by Gasteiger charge is -2.08. The first-order chi connectivity index (χ1) is 7.39. The summed E-state index contributed by atoms with van der Waals surface area (Å²) in [4.78, 5) is 8.56. The summed E-state index contributed by atoms with van der Waals surface area (Å²) in [5, 5.41) is 6.45. The number of nitrogens with one attached hydrogen (secondary N) is 2. The van der Waals surface area contributed by atoms with Gasteiger partial charge in [0.2, 0.25) is 0 Å². The molecule has 2 rings (SSSR count). The van der Waals surface area contributed by atoms with Crippen molar-refractivity contribution >= 4 is 11.6 Å². The van der Waals surface area contributed by atoms with Gasteiger partial charge in [-0.2, -0.15) is 0 Å². The first-order valence-electron chi connectivity index (χ1n) is 5.66. The van der Waals surface area contributed by atoms with Crippen LogP contribution in [0.1, 0.15) is 27.7 Å². The van der Waals surface area contributed by atoms with E-state index >= 15 is 0 Å². The van der Waals surface area contributed by atoms with Gasteiger partial charge in [-0.1, -0.05) is 27.7 Å². The Kier molecular flexibility index (Phi) is 2.33. The van der Waals surface area contributed by atoms with Gasteiger partial charge in [-0.15, -0.1) is 0 Å². The Morgan fingerprint density at radius 2 is 1.62 bits per heavy atom. The predicted molar refractivity (Wildman–Crippen MR) is 66.6 cm³/mol. The van der Waals surface area contributed by atoms with E-state index in [1.54, 1.807) is 12.4 Å². The Balaban J connectivity index is 2.12. The van der Waals surface area contributed by atoms with Crippen LogP contribution >= 0.6 is 0 Å². The van der Waals surface area contributed by atoms with Crippen molar-refractivity contribution in [3.63, 3.8) is 0 Å². The van der Waals surface area contributed by atoms with Crippen LogP contribution in [0.15, 0.2) is 12.4 Å². The van der Waals surface area contributed by atoms with Gasteiger partial charge in [0, 0.05) is 13.1 Å². The minimum atomic E-state index is 0.310. The van der Waals surface area contributed by atoms with Crippen LogP contribution in [0.2, 0.25) is 0 Å². The molecule has 0 aromatic carbocycles. The Morgan fingerprint density at radius 1 is 1.06 bits per heavy atom. The van der Waals surface area contributed by atoms with Gasteiger partial charge in [0.25, 0.3) is 0 Å². The molecule has 4 heteroatoms. The third-order valence-corrected chi connectivity index (χ3v) is 4.20. The minimum absolute atomic E-state index is 0.310. The predicted octanol–water partition coefficient (Wildman–Crippen LogP) is 2.36. The van der Waals surface area contributed by atoms with Crippen LogP contribution in [0.3, 0.4) is 0 Å². The molecular weight excluding hydrogens is 200 g/mol. The number of anilines is 2. The molecule has 1 fully saturated rings. The lowest BCUT2D eigenvalue weighted by atomic mass is 10.0. The highest BCUT2D eigenvalue weighted by Crippen LogP contribution is 2.63. The van der Waals surface area contributed by atoms with Crippen molar-refractivity contribution in [1.29, 1.82) is 0 Å². The number of hydrogen-bond donors (Lipinski definition) is 2. The maximum absolute atomic E-state index is 4.42. The molecule has 16 heavy (non-hydrogen) atoms. The van der Waals surface area contributed by atoms with Crippen molar-refractivity contribution in [2.24, 2.45) is 10.8 Å². The van der Waals surface area contributed by atoms with Crippen LogP contribution in [0, 0.1) is 10.8 Å². The molecule has 0 atom stereocenters. The number of hydrogen-bond acceptors (Lipinski definition) is 4. The third-order valence-electron chi connectivity index (χ3n) is 4.20. The van der Waals surface area contributed by atoms with Gasteiger partial charge in [-0.25, -0.2) is 4.98 Å². The topological polar surface area (TPSA) is 49.8 Å². The summed E-state index contributed by atoms with van der Waals surface area (Å²) < 4.78 is 0. The SMILES string of the molecule is CNc1cncc(NC2C(C)(C)C2(C)C)n1. The first-order valence-corrected chi connectivity index (χ1v) is 5.66. The highest BCUT2D eigenvalue weighted by atomic mass is 15.1. The molecule has 0 amide bonds. The van der Waals surface area contributed by atoms with Gasteiger partial charge in [0.05, 0.1) is 12.4 Å². The van der Waals surface area contributed by atoms with Crippen LogP contribution in [0.5, 0.6) is 0 Å². The van der Waals surface area contributed by atoms with Crippen LogP contribution in [0.4, 0.5) is 11.6 Å². The van der Waals surface area contributed by atoms with Gasteiger partial charge < -0.3 is 10.6 Å². The monoisotopic (exact) mass is 220 g/mol. The molecule has 0 unspecified atom stereocenters. The first kappa shape index (κ1) is 11.2. The summed E-state index contributed by atoms with van der Waals surface area (Å²) in [7, 11) is 1.85. The van der Waals surface area contributed by atoms with Crippen molar-refractivity contribution < 1.29 is 0 Å². The number of rotatable bonds is 3. The Bertz CT molecular complexity index is 384. The van der Waals surface area contributed by atoms with Crippen molar-refractivity contribution in [2.75, 3.05) is 17.7 Å². The molecule has 1 saturated carbocycles. The Morgan fingerprint density at radius 3 is 2.12 bits per heavy atom. The van der Waals surface area contributed by atoms with Crippen molar-refractivity contribution in [3.8, 4) is 0 Å². The molecule has 1 heterocycles. The molecule has 0 spiro atoms. The van der Waals surface area contributed by atoms with Crippen LogP contribution in [-0.2, 0) is 0 Å². The third kappa shape index (κ3) is 1.52. The maximum atomic E-state index is 4.42. The van der Waals surface area contributed by atoms with E-state index in [9.17, 15) is 0 Å². The summed E-state index contributed by atoms with van der Waals surface area (Å²) in [6.45, 7) is 9.11. The average molecular weight is 220 g/mol. The Hall–Kier alpha value is -1.32. The molecular formula is C12H20N4. The molecule has 2 N–H and O–H groups in total. The van der Waals surface area contributed by atoms with Gasteiger partial charge in [0.1, 0.15) is 11.6 Å². The maximum Gasteiger partial charge on any atom is 0.147 e. The summed E-state index contributed by atoms with van der Waals surface area (Å²) in [6.07, 6.45) is 3.49. The van der Waals surface area contributed by atoms with Crippen LogP contribution in [0.25, 0.3) is 0 Å². The number of nitrogens with zero attached hydrogens (tertiary/aromatic N) is 2. The summed E-state index contributed by atoms with van der Waals surface area (Å²) in [5.74, 6) is 1.64. The number of aromatic nitrogens is 2. The molecule has 0 bridgehead atoms. The molecule has 0 saturated heterocycles. The average Bonchev–Trinajstić information content (AvgIpc) is 2.61. The molecule has 0 radical (unpaired) electrons. The zero-order chi connectivity index (χ0) is 12.0.